The summed E-state index contributed by atoms with van der Waals surface area (Å²) in [6.07, 6.45) is 1.55. The molecule has 6 nitrogen and oxygen atoms in total. The average Bonchev–Trinajstić information content (AvgIpc) is 2.90. The van der Waals surface area contributed by atoms with E-state index in [1.165, 1.54) is 28.6 Å². The molecule has 1 saturated heterocycles. The summed E-state index contributed by atoms with van der Waals surface area (Å²) in [6, 6.07) is 16.7. The molecule has 10 heteroatoms. The number of hydrogen-bond donors (Lipinski definition) is 0. The van der Waals surface area contributed by atoms with Crippen molar-refractivity contribution in [3.05, 3.63) is 92.7 Å². The smallest absolute Gasteiger partial charge is 0.264 e. The number of fused-ring (bicyclic) bond motifs is 1. The van der Waals surface area contributed by atoms with Gasteiger partial charge in [-0.05, 0) is 60.9 Å². The number of anilines is 1. The van der Waals surface area contributed by atoms with E-state index in [1.807, 2.05) is 24.3 Å². The number of aryl methyl sites for hydroxylation is 1. The first kappa shape index (κ1) is 26.2. The van der Waals surface area contributed by atoms with Gasteiger partial charge in [-0.2, -0.15) is 0 Å². The first-order valence-corrected chi connectivity index (χ1v) is 14.7. The van der Waals surface area contributed by atoms with Gasteiger partial charge in [0.15, 0.2) is 0 Å². The van der Waals surface area contributed by atoms with Crippen LogP contribution in [0.5, 0.6) is 0 Å². The van der Waals surface area contributed by atoms with Crippen molar-refractivity contribution in [2.45, 2.75) is 24.3 Å². The highest BCUT2D eigenvalue weighted by Gasteiger charge is 2.31. The van der Waals surface area contributed by atoms with Gasteiger partial charge >= 0.3 is 0 Å². The van der Waals surface area contributed by atoms with E-state index in [-0.39, 0.29) is 27.2 Å². The number of nitrogens with zero attached hydrogens (tertiary/aromatic N) is 3. The van der Waals surface area contributed by atoms with Gasteiger partial charge < -0.3 is 4.90 Å². The van der Waals surface area contributed by atoms with Crippen LogP contribution in [0, 0.1) is 5.82 Å². The Bertz CT molecular complexity index is 1440. The van der Waals surface area contributed by atoms with Gasteiger partial charge in [0.2, 0.25) is 0 Å². The Labute approximate surface area is 229 Å². The van der Waals surface area contributed by atoms with Crippen LogP contribution in [-0.4, -0.2) is 56.8 Å². The van der Waals surface area contributed by atoms with Gasteiger partial charge in [0.1, 0.15) is 5.82 Å². The lowest BCUT2D eigenvalue weighted by atomic mass is 10.0. The fourth-order valence-electron chi connectivity index (χ4n) is 4.89. The maximum absolute atomic E-state index is 14.2. The second-order valence-electron chi connectivity index (χ2n) is 9.26. The van der Waals surface area contributed by atoms with Crippen molar-refractivity contribution in [1.82, 2.24) is 9.80 Å². The van der Waals surface area contributed by atoms with Crippen molar-refractivity contribution < 1.29 is 17.6 Å². The lowest BCUT2D eigenvalue weighted by Crippen LogP contribution is -2.48. The zero-order chi connectivity index (χ0) is 26.2. The van der Waals surface area contributed by atoms with E-state index in [9.17, 15) is 17.6 Å². The molecule has 2 aliphatic heterocycles. The lowest BCUT2D eigenvalue weighted by molar-refractivity contribution is 0.0627. The summed E-state index contributed by atoms with van der Waals surface area (Å²) in [4.78, 5) is 17.2. The maximum Gasteiger partial charge on any atom is 0.264 e. The van der Waals surface area contributed by atoms with Crippen LogP contribution in [-0.2, 0) is 23.0 Å². The molecule has 0 unspecified atom stereocenters. The summed E-state index contributed by atoms with van der Waals surface area (Å²) < 4.78 is 43.6. The van der Waals surface area contributed by atoms with Gasteiger partial charge in [-0.25, -0.2) is 12.8 Å². The Morgan fingerprint density at radius 2 is 1.73 bits per heavy atom. The minimum absolute atomic E-state index is 0.0423. The number of carbonyl (C=O) groups excluding carboxylic acids is 1. The third-order valence-electron chi connectivity index (χ3n) is 6.89. The Hall–Kier alpha value is -2.46. The Balaban J connectivity index is 1.32. The van der Waals surface area contributed by atoms with Crippen LogP contribution in [0.1, 0.15) is 27.9 Å². The van der Waals surface area contributed by atoms with E-state index in [0.717, 1.165) is 22.9 Å². The van der Waals surface area contributed by atoms with Crippen LogP contribution >= 0.6 is 27.5 Å². The van der Waals surface area contributed by atoms with Gasteiger partial charge in [0.25, 0.3) is 15.9 Å². The predicted octanol–water partition coefficient (Wildman–Crippen LogP) is 5.34. The van der Waals surface area contributed by atoms with Crippen molar-refractivity contribution in [2.75, 3.05) is 37.0 Å². The SMILES string of the molecule is O=C(c1cc(S(=O)(=O)N2CCCc3ccccc32)ccc1Cl)N1CCN(Cc2cc(Br)ccc2F)CC1. The highest BCUT2D eigenvalue weighted by molar-refractivity contribution is 9.10. The summed E-state index contributed by atoms with van der Waals surface area (Å²) in [5.41, 5.74) is 2.42. The number of hydrogen-bond acceptors (Lipinski definition) is 4. The number of para-hydroxylation sites is 1. The number of piperazine rings is 1. The number of sulfonamides is 1. The third kappa shape index (κ3) is 5.41. The molecule has 2 aliphatic rings. The monoisotopic (exact) mass is 605 g/mol. The van der Waals surface area contributed by atoms with E-state index in [4.69, 9.17) is 11.6 Å². The van der Waals surface area contributed by atoms with Crippen molar-refractivity contribution in [1.29, 1.82) is 0 Å². The molecule has 5 rings (SSSR count). The lowest BCUT2D eigenvalue weighted by Gasteiger charge is -2.35. The average molecular weight is 607 g/mol. The molecule has 0 atom stereocenters. The maximum atomic E-state index is 14.2. The molecule has 0 aromatic heterocycles. The molecule has 0 aliphatic carbocycles. The molecule has 0 N–H and O–H groups in total. The Morgan fingerprint density at radius 1 is 0.973 bits per heavy atom. The highest BCUT2D eigenvalue weighted by atomic mass is 79.9. The summed E-state index contributed by atoms with van der Waals surface area (Å²) >= 11 is 9.76. The molecule has 0 spiro atoms. The fraction of sp³-hybridized carbons (Fsp3) is 0.296. The van der Waals surface area contributed by atoms with Crippen molar-refractivity contribution in [3.8, 4) is 0 Å². The van der Waals surface area contributed by atoms with Gasteiger partial charge in [0.05, 0.1) is 21.2 Å². The standard InChI is InChI=1S/C27H26BrClFN3O3S/c28-21-7-10-25(30)20(16-21)18-31-12-14-32(15-13-31)27(34)23-17-22(8-9-24(23)29)37(35,36)33-11-3-5-19-4-1-2-6-26(19)33/h1-2,4,6-10,16-17H,3,5,11-15,18H2. The number of carbonyl (C=O) groups is 1. The Morgan fingerprint density at radius 3 is 2.51 bits per heavy atom. The molecule has 1 fully saturated rings. The van der Waals surface area contributed by atoms with E-state index >= 15 is 0 Å². The van der Waals surface area contributed by atoms with Gasteiger partial charge in [-0.3, -0.25) is 14.0 Å². The molecule has 0 radical (unpaired) electrons. The summed E-state index contributed by atoms with van der Waals surface area (Å²) in [7, 11) is -3.87. The van der Waals surface area contributed by atoms with Crippen LogP contribution in [0.25, 0.3) is 0 Å². The second kappa shape index (κ2) is 10.7. The third-order valence-corrected chi connectivity index (χ3v) is 9.52. The molecule has 3 aromatic rings. The zero-order valence-corrected chi connectivity index (χ0v) is 23.2. The molecule has 2 heterocycles. The first-order valence-electron chi connectivity index (χ1n) is 12.1. The van der Waals surface area contributed by atoms with Crippen molar-refractivity contribution in [3.63, 3.8) is 0 Å². The molecule has 194 valence electrons. The van der Waals surface area contributed by atoms with Crippen LogP contribution in [0.15, 0.2) is 70.0 Å². The quantitative estimate of drug-likeness (QED) is 0.394. The molecular weight excluding hydrogens is 581 g/mol. The van der Waals surface area contributed by atoms with Crippen LogP contribution in [0.3, 0.4) is 0 Å². The minimum Gasteiger partial charge on any atom is -0.336 e. The first-order chi connectivity index (χ1) is 17.7. The number of rotatable bonds is 5. The van der Waals surface area contributed by atoms with Gasteiger partial charge in [-0.15, -0.1) is 0 Å². The summed E-state index contributed by atoms with van der Waals surface area (Å²) in [5.74, 6) is -0.572. The van der Waals surface area contributed by atoms with E-state index in [1.54, 1.807) is 17.0 Å². The largest absolute Gasteiger partial charge is 0.336 e. The molecule has 0 saturated carbocycles. The van der Waals surface area contributed by atoms with Crippen molar-refractivity contribution in [2.24, 2.45) is 0 Å². The van der Waals surface area contributed by atoms with Gasteiger partial charge in [0, 0.05) is 49.3 Å². The topological polar surface area (TPSA) is 60.9 Å². The van der Waals surface area contributed by atoms with E-state index in [0.29, 0.717) is 50.5 Å². The highest BCUT2D eigenvalue weighted by Crippen LogP contribution is 2.33. The van der Waals surface area contributed by atoms with Crippen LogP contribution in [0.2, 0.25) is 5.02 Å². The summed E-state index contributed by atoms with van der Waals surface area (Å²) in [5, 5.41) is 0.210. The van der Waals surface area contributed by atoms with Crippen LogP contribution < -0.4 is 4.31 Å². The van der Waals surface area contributed by atoms with Crippen LogP contribution in [0.4, 0.5) is 10.1 Å². The predicted molar refractivity (Wildman–Crippen MR) is 146 cm³/mol. The minimum atomic E-state index is -3.87. The van der Waals surface area contributed by atoms with Gasteiger partial charge in [-0.1, -0.05) is 45.7 Å². The van der Waals surface area contributed by atoms with E-state index in [2.05, 4.69) is 20.8 Å². The fourth-order valence-corrected chi connectivity index (χ4v) is 7.06. The normalized spacial score (nSPS) is 16.5. The molecule has 37 heavy (non-hydrogen) atoms. The zero-order valence-electron chi connectivity index (χ0n) is 20.0. The molecule has 1 amide bonds. The molecule has 3 aromatic carbocycles. The van der Waals surface area contributed by atoms with E-state index < -0.39 is 10.0 Å². The molecular formula is C27H26BrClFN3O3S. The Kier molecular flexibility index (Phi) is 7.58. The van der Waals surface area contributed by atoms with Crippen molar-refractivity contribution >= 4 is 49.1 Å². The number of amides is 1. The second-order valence-corrected chi connectivity index (χ2v) is 12.4. The number of halogens is 3. The number of benzene rings is 3. The summed E-state index contributed by atoms with van der Waals surface area (Å²) in [6.45, 7) is 2.82. The molecule has 0 bridgehead atoms.